The van der Waals surface area contributed by atoms with Crippen molar-refractivity contribution in [3.8, 4) is 5.75 Å². The number of halogens is 1. The number of hydrogen-bond donors (Lipinski definition) is 1. The average Bonchev–Trinajstić information content (AvgIpc) is 2.84. The van der Waals surface area contributed by atoms with Crippen LogP contribution in [0.2, 0.25) is 0 Å². The number of nitrogens with zero attached hydrogens (tertiary/aromatic N) is 1. The summed E-state index contributed by atoms with van der Waals surface area (Å²) in [6.45, 7) is 8.10. The molecule has 3 aromatic rings. The first-order chi connectivity index (χ1) is 17.2. The molecule has 0 unspecified atom stereocenters. The lowest BCUT2D eigenvalue weighted by molar-refractivity contribution is -0.142. The predicted molar refractivity (Wildman–Crippen MR) is 140 cm³/mol. The van der Waals surface area contributed by atoms with E-state index in [4.69, 9.17) is 4.74 Å². The van der Waals surface area contributed by atoms with Gasteiger partial charge in [0.05, 0.1) is 0 Å². The summed E-state index contributed by atoms with van der Waals surface area (Å²) in [6.07, 6.45) is 0.300. The molecule has 36 heavy (non-hydrogen) atoms. The van der Waals surface area contributed by atoms with E-state index in [2.05, 4.69) is 5.32 Å². The molecule has 0 radical (unpaired) electrons. The van der Waals surface area contributed by atoms with Crippen molar-refractivity contribution in [2.75, 3.05) is 13.2 Å². The summed E-state index contributed by atoms with van der Waals surface area (Å²) >= 11 is 0. The van der Waals surface area contributed by atoms with E-state index in [0.717, 1.165) is 16.7 Å². The van der Waals surface area contributed by atoms with Crippen molar-refractivity contribution in [1.29, 1.82) is 0 Å². The van der Waals surface area contributed by atoms with Crippen LogP contribution in [0.1, 0.15) is 36.1 Å². The first kappa shape index (κ1) is 26.9. The van der Waals surface area contributed by atoms with Gasteiger partial charge in [-0.3, -0.25) is 9.59 Å². The van der Waals surface area contributed by atoms with Gasteiger partial charge in [0.2, 0.25) is 5.91 Å². The van der Waals surface area contributed by atoms with Crippen LogP contribution in [-0.4, -0.2) is 35.9 Å². The summed E-state index contributed by atoms with van der Waals surface area (Å²) in [4.78, 5) is 28.4. The van der Waals surface area contributed by atoms with Gasteiger partial charge >= 0.3 is 0 Å². The van der Waals surface area contributed by atoms with Crippen LogP contribution in [0.4, 0.5) is 4.39 Å². The summed E-state index contributed by atoms with van der Waals surface area (Å²) in [6, 6.07) is 20.7. The molecule has 0 saturated carbocycles. The highest BCUT2D eigenvalue weighted by Gasteiger charge is 2.31. The van der Waals surface area contributed by atoms with Crippen molar-refractivity contribution in [3.63, 3.8) is 0 Å². The molecule has 0 spiro atoms. The molecule has 3 aromatic carbocycles. The Kier molecular flexibility index (Phi) is 9.62. The van der Waals surface area contributed by atoms with Crippen molar-refractivity contribution in [2.24, 2.45) is 5.92 Å². The van der Waals surface area contributed by atoms with E-state index in [-0.39, 0.29) is 25.0 Å². The first-order valence-corrected chi connectivity index (χ1v) is 12.3. The quantitative estimate of drug-likeness (QED) is 0.400. The second kappa shape index (κ2) is 12.9. The van der Waals surface area contributed by atoms with Crippen molar-refractivity contribution in [1.82, 2.24) is 10.2 Å². The zero-order valence-corrected chi connectivity index (χ0v) is 21.5. The van der Waals surface area contributed by atoms with E-state index in [0.29, 0.717) is 24.3 Å². The normalized spacial score (nSPS) is 11.7. The zero-order valence-electron chi connectivity index (χ0n) is 21.5. The van der Waals surface area contributed by atoms with Crippen LogP contribution in [0.5, 0.6) is 5.75 Å². The van der Waals surface area contributed by atoms with Crippen LogP contribution in [0.15, 0.2) is 72.8 Å². The summed E-state index contributed by atoms with van der Waals surface area (Å²) < 4.78 is 20.5. The molecule has 0 aliphatic heterocycles. The van der Waals surface area contributed by atoms with Crippen LogP contribution in [0.25, 0.3) is 0 Å². The van der Waals surface area contributed by atoms with Gasteiger partial charge in [0.15, 0.2) is 6.61 Å². The van der Waals surface area contributed by atoms with Gasteiger partial charge in [-0.1, -0.05) is 68.4 Å². The lowest BCUT2D eigenvalue weighted by Gasteiger charge is -2.31. The maximum absolute atomic E-state index is 14.6. The summed E-state index contributed by atoms with van der Waals surface area (Å²) in [5.41, 5.74) is 3.29. The molecule has 0 bridgehead atoms. The predicted octanol–water partition coefficient (Wildman–Crippen LogP) is 5.23. The second-order valence-electron chi connectivity index (χ2n) is 9.57. The van der Waals surface area contributed by atoms with E-state index in [1.807, 2.05) is 76.2 Å². The molecular weight excluding hydrogens is 455 g/mol. The Hall–Kier alpha value is -3.67. The molecule has 6 heteroatoms. The molecule has 2 amide bonds. The Labute approximate surface area is 213 Å². The smallest absolute Gasteiger partial charge is 0.261 e. The SMILES string of the molecule is Cc1cc(C)cc(OCC(=O)N(Cc2ccccc2F)[C@H](Cc2ccccc2)C(=O)NCC(C)C)c1. The third kappa shape index (κ3) is 7.94. The molecule has 1 N–H and O–H groups in total. The third-order valence-electron chi connectivity index (χ3n) is 5.81. The highest BCUT2D eigenvalue weighted by Crippen LogP contribution is 2.19. The number of ether oxygens (including phenoxy) is 1. The Balaban J connectivity index is 1.92. The summed E-state index contributed by atoms with van der Waals surface area (Å²) in [5.74, 6) is -0.265. The van der Waals surface area contributed by atoms with Gasteiger partial charge in [0, 0.05) is 25.1 Å². The minimum absolute atomic E-state index is 0.0473. The number of benzene rings is 3. The molecule has 0 aromatic heterocycles. The van der Waals surface area contributed by atoms with E-state index in [1.165, 1.54) is 11.0 Å². The summed E-state index contributed by atoms with van der Waals surface area (Å²) in [5, 5.41) is 2.96. The van der Waals surface area contributed by atoms with Gasteiger partial charge in [-0.05, 0) is 54.7 Å². The van der Waals surface area contributed by atoms with Gasteiger partial charge in [0.1, 0.15) is 17.6 Å². The number of rotatable bonds is 11. The number of nitrogens with one attached hydrogen (secondary N) is 1. The monoisotopic (exact) mass is 490 g/mol. The number of hydrogen-bond acceptors (Lipinski definition) is 3. The van der Waals surface area contributed by atoms with Crippen molar-refractivity contribution < 1.29 is 18.7 Å². The van der Waals surface area contributed by atoms with Gasteiger partial charge in [0.25, 0.3) is 5.91 Å². The fraction of sp³-hybridized carbons (Fsp3) is 0.333. The number of aryl methyl sites for hydroxylation is 2. The van der Waals surface area contributed by atoms with Gasteiger partial charge in [-0.25, -0.2) is 4.39 Å². The molecule has 190 valence electrons. The molecular formula is C30H35FN2O3. The average molecular weight is 491 g/mol. The van der Waals surface area contributed by atoms with Crippen LogP contribution < -0.4 is 10.1 Å². The van der Waals surface area contributed by atoms with E-state index < -0.39 is 17.8 Å². The Morgan fingerprint density at radius 3 is 2.22 bits per heavy atom. The highest BCUT2D eigenvalue weighted by molar-refractivity contribution is 5.88. The van der Waals surface area contributed by atoms with Gasteiger partial charge in [-0.2, -0.15) is 0 Å². The van der Waals surface area contributed by atoms with Crippen LogP contribution in [0, 0.1) is 25.6 Å². The molecule has 3 rings (SSSR count). The molecule has 0 fully saturated rings. The lowest BCUT2D eigenvalue weighted by atomic mass is 10.0. The number of amides is 2. The molecule has 0 heterocycles. The second-order valence-corrected chi connectivity index (χ2v) is 9.57. The van der Waals surface area contributed by atoms with E-state index >= 15 is 0 Å². The van der Waals surface area contributed by atoms with Gasteiger partial charge in [-0.15, -0.1) is 0 Å². The molecule has 0 saturated heterocycles. The van der Waals surface area contributed by atoms with E-state index in [1.54, 1.807) is 18.2 Å². The standard InChI is InChI=1S/C30H35FN2O3/c1-21(2)18-32-30(35)28(17-24-10-6-5-7-11-24)33(19-25-12-8-9-13-27(25)31)29(34)20-36-26-15-22(3)14-23(4)16-26/h5-16,21,28H,17-20H2,1-4H3,(H,32,35)/t28-/m1/s1. The molecule has 0 aliphatic carbocycles. The third-order valence-corrected chi connectivity index (χ3v) is 5.81. The lowest BCUT2D eigenvalue weighted by Crippen LogP contribution is -2.52. The summed E-state index contributed by atoms with van der Waals surface area (Å²) in [7, 11) is 0. The van der Waals surface area contributed by atoms with Crippen LogP contribution in [0.3, 0.4) is 0 Å². The Bertz CT molecular complexity index is 1140. The Morgan fingerprint density at radius 1 is 0.944 bits per heavy atom. The first-order valence-electron chi connectivity index (χ1n) is 12.3. The van der Waals surface area contributed by atoms with E-state index in [9.17, 15) is 14.0 Å². The fourth-order valence-electron chi connectivity index (χ4n) is 4.03. The largest absolute Gasteiger partial charge is 0.484 e. The minimum atomic E-state index is -0.832. The van der Waals surface area contributed by atoms with Crippen LogP contribution >= 0.6 is 0 Å². The Morgan fingerprint density at radius 2 is 1.58 bits per heavy atom. The molecule has 0 aliphatic rings. The minimum Gasteiger partial charge on any atom is -0.484 e. The van der Waals surface area contributed by atoms with Gasteiger partial charge < -0.3 is 15.0 Å². The molecule has 1 atom stereocenters. The van der Waals surface area contributed by atoms with Crippen molar-refractivity contribution in [2.45, 2.75) is 46.7 Å². The fourth-order valence-corrected chi connectivity index (χ4v) is 4.03. The van der Waals surface area contributed by atoms with Crippen LogP contribution in [-0.2, 0) is 22.6 Å². The number of carbonyl (C=O) groups is 2. The zero-order chi connectivity index (χ0) is 26.1. The highest BCUT2D eigenvalue weighted by atomic mass is 19.1. The van der Waals surface area contributed by atoms with Crippen molar-refractivity contribution in [3.05, 3.63) is 101 Å². The van der Waals surface area contributed by atoms with Crippen molar-refractivity contribution >= 4 is 11.8 Å². The molecule has 5 nitrogen and oxygen atoms in total. The number of carbonyl (C=O) groups excluding carboxylic acids is 2. The topological polar surface area (TPSA) is 58.6 Å². The maximum atomic E-state index is 14.6. The maximum Gasteiger partial charge on any atom is 0.261 e.